The lowest BCUT2D eigenvalue weighted by molar-refractivity contribution is 0.509. The fourth-order valence-corrected chi connectivity index (χ4v) is 2.92. The molecule has 0 radical (unpaired) electrons. The van der Waals surface area contributed by atoms with Crippen LogP contribution in [0.4, 0.5) is 8.78 Å². The van der Waals surface area contributed by atoms with Crippen molar-refractivity contribution in [3.63, 3.8) is 0 Å². The predicted octanol–water partition coefficient (Wildman–Crippen LogP) is 5.27. The predicted molar refractivity (Wildman–Crippen MR) is 85.6 cm³/mol. The van der Waals surface area contributed by atoms with E-state index in [1.165, 1.54) is 24.3 Å². The van der Waals surface area contributed by atoms with Crippen molar-refractivity contribution in [2.24, 2.45) is 0 Å². The minimum atomic E-state index is -0.306. The van der Waals surface area contributed by atoms with Gasteiger partial charge in [0.1, 0.15) is 11.6 Å². The van der Waals surface area contributed by atoms with Gasteiger partial charge in [-0.1, -0.05) is 40.5 Å². The first kappa shape index (κ1) is 16.4. The van der Waals surface area contributed by atoms with Crippen molar-refractivity contribution in [3.05, 3.63) is 68.7 Å². The number of likely N-dealkylation sites (N-methyl/N-ethyl adjacent to an activating group) is 1. The van der Waals surface area contributed by atoms with E-state index in [0.29, 0.717) is 28.0 Å². The Kier molecular flexibility index (Phi) is 5.73. The molecule has 0 bridgehead atoms. The standard InChI is InChI=1S/C16H15BrClF2N/c1-2-21-16(13-8-11(18)4-6-15(13)20)7-10-3-5-12(19)9-14(10)17/h3-6,8-9,16,21H,2,7H2,1H3. The van der Waals surface area contributed by atoms with E-state index in [4.69, 9.17) is 11.6 Å². The maximum absolute atomic E-state index is 14.0. The normalized spacial score (nSPS) is 12.4. The van der Waals surface area contributed by atoms with Crippen LogP contribution in [0.5, 0.6) is 0 Å². The largest absolute Gasteiger partial charge is 0.310 e. The van der Waals surface area contributed by atoms with Gasteiger partial charge in [0.15, 0.2) is 0 Å². The van der Waals surface area contributed by atoms with Gasteiger partial charge in [-0.15, -0.1) is 0 Å². The summed E-state index contributed by atoms with van der Waals surface area (Å²) in [6.45, 7) is 2.64. The van der Waals surface area contributed by atoms with E-state index in [2.05, 4.69) is 21.2 Å². The number of hydrogen-bond acceptors (Lipinski definition) is 1. The quantitative estimate of drug-likeness (QED) is 0.751. The zero-order valence-electron chi connectivity index (χ0n) is 11.5. The Morgan fingerprint density at radius 3 is 2.62 bits per heavy atom. The van der Waals surface area contributed by atoms with E-state index in [-0.39, 0.29) is 17.7 Å². The van der Waals surface area contributed by atoms with Crippen LogP contribution in [0.15, 0.2) is 40.9 Å². The fraction of sp³-hybridized carbons (Fsp3) is 0.250. The highest BCUT2D eigenvalue weighted by Crippen LogP contribution is 2.27. The average Bonchev–Trinajstić information content (AvgIpc) is 2.44. The molecule has 2 aromatic carbocycles. The molecule has 1 atom stereocenters. The second-order valence-corrected chi connectivity index (χ2v) is 6.01. The molecule has 0 aromatic heterocycles. The van der Waals surface area contributed by atoms with Gasteiger partial charge in [-0.3, -0.25) is 0 Å². The smallest absolute Gasteiger partial charge is 0.128 e. The number of benzene rings is 2. The third-order valence-corrected chi connectivity index (χ3v) is 4.20. The Morgan fingerprint density at radius 1 is 1.19 bits per heavy atom. The molecule has 112 valence electrons. The molecule has 0 aliphatic rings. The van der Waals surface area contributed by atoms with Gasteiger partial charge < -0.3 is 5.32 Å². The first-order valence-electron chi connectivity index (χ1n) is 6.63. The Morgan fingerprint density at radius 2 is 1.95 bits per heavy atom. The highest BCUT2D eigenvalue weighted by Gasteiger charge is 2.17. The summed E-state index contributed by atoms with van der Waals surface area (Å²) in [4.78, 5) is 0. The SMILES string of the molecule is CCNC(Cc1ccc(F)cc1Br)c1cc(Cl)ccc1F. The molecule has 0 heterocycles. The Bertz CT molecular complexity index is 634. The molecule has 5 heteroatoms. The summed E-state index contributed by atoms with van der Waals surface area (Å²) in [6, 6.07) is 8.80. The fourth-order valence-electron chi connectivity index (χ4n) is 2.23. The van der Waals surface area contributed by atoms with E-state index >= 15 is 0 Å². The van der Waals surface area contributed by atoms with Crippen molar-refractivity contribution in [3.8, 4) is 0 Å². The van der Waals surface area contributed by atoms with E-state index in [0.717, 1.165) is 5.56 Å². The Labute approximate surface area is 136 Å². The maximum Gasteiger partial charge on any atom is 0.128 e. The second kappa shape index (κ2) is 7.34. The highest BCUT2D eigenvalue weighted by atomic mass is 79.9. The molecule has 1 N–H and O–H groups in total. The van der Waals surface area contributed by atoms with Crippen molar-refractivity contribution in [2.75, 3.05) is 6.54 Å². The van der Waals surface area contributed by atoms with Gasteiger partial charge in [0.05, 0.1) is 0 Å². The van der Waals surface area contributed by atoms with Crippen LogP contribution < -0.4 is 5.32 Å². The molecular formula is C16H15BrClF2N. The third-order valence-electron chi connectivity index (χ3n) is 3.22. The molecule has 1 nitrogen and oxygen atoms in total. The summed E-state index contributed by atoms with van der Waals surface area (Å²) in [5.41, 5.74) is 1.42. The number of hydrogen-bond donors (Lipinski definition) is 1. The van der Waals surface area contributed by atoms with Gasteiger partial charge in [-0.25, -0.2) is 8.78 Å². The lowest BCUT2D eigenvalue weighted by Crippen LogP contribution is -2.24. The average molecular weight is 375 g/mol. The Balaban J connectivity index is 2.32. The second-order valence-electron chi connectivity index (χ2n) is 4.72. The first-order chi connectivity index (χ1) is 10.0. The first-order valence-corrected chi connectivity index (χ1v) is 7.80. The highest BCUT2D eigenvalue weighted by molar-refractivity contribution is 9.10. The molecule has 1 unspecified atom stereocenters. The van der Waals surface area contributed by atoms with E-state index in [1.54, 1.807) is 12.1 Å². The zero-order valence-corrected chi connectivity index (χ0v) is 13.8. The van der Waals surface area contributed by atoms with Crippen LogP contribution >= 0.6 is 27.5 Å². The topological polar surface area (TPSA) is 12.0 Å². The van der Waals surface area contributed by atoms with Crippen LogP contribution in [0.2, 0.25) is 5.02 Å². The van der Waals surface area contributed by atoms with Crippen LogP contribution in [0.25, 0.3) is 0 Å². The number of halogens is 4. The molecule has 0 saturated heterocycles. The summed E-state index contributed by atoms with van der Waals surface area (Å²) in [6.07, 6.45) is 0.534. The van der Waals surface area contributed by atoms with Gasteiger partial charge in [0, 0.05) is 21.1 Å². The van der Waals surface area contributed by atoms with Crippen LogP contribution in [0.3, 0.4) is 0 Å². The summed E-state index contributed by atoms with van der Waals surface area (Å²) >= 11 is 9.31. The summed E-state index contributed by atoms with van der Waals surface area (Å²) in [5, 5.41) is 3.74. The minimum absolute atomic E-state index is 0.226. The van der Waals surface area contributed by atoms with Crippen LogP contribution in [0.1, 0.15) is 24.1 Å². The van der Waals surface area contributed by atoms with Crippen molar-refractivity contribution >= 4 is 27.5 Å². The Hall–Kier alpha value is -0.970. The molecule has 0 aliphatic heterocycles. The maximum atomic E-state index is 14.0. The van der Waals surface area contributed by atoms with Gasteiger partial charge in [-0.2, -0.15) is 0 Å². The molecule has 21 heavy (non-hydrogen) atoms. The number of nitrogens with one attached hydrogen (secondary N) is 1. The van der Waals surface area contributed by atoms with Crippen LogP contribution in [-0.4, -0.2) is 6.54 Å². The van der Waals surface area contributed by atoms with Gasteiger partial charge >= 0.3 is 0 Å². The van der Waals surface area contributed by atoms with Crippen LogP contribution in [-0.2, 0) is 6.42 Å². The van der Waals surface area contributed by atoms with E-state index < -0.39 is 0 Å². The third kappa shape index (κ3) is 4.25. The molecule has 0 spiro atoms. The molecular weight excluding hydrogens is 360 g/mol. The summed E-state index contributed by atoms with van der Waals surface area (Å²) < 4.78 is 27.9. The van der Waals surface area contributed by atoms with Crippen LogP contribution in [0, 0.1) is 11.6 Å². The van der Waals surface area contributed by atoms with Gasteiger partial charge in [0.2, 0.25) is 0 Å². The molecule has 0 saturated carbocycles. The molecule has 0 fully saturated rings. The summed E-state index contributed by atoms with van der Waals surface area (Å²) in [5.74, 6) is -0.608. The lowest BCUT2D eigenvalue weighted by atomic mass is 9.98. The number of rotatable bonds is 5. The van der Waals surface area contributed by atoms with Crippen molar-refractivity contribution in [1.82, 2.24) is 5.32 Å². The molecule has 2 aromatic rings. The molecule has 0 aliphatic carbocycles. The van der Waals surface area contributed by atoms with Crippen molar-refractivity contribution in [2.45, 2.75) is 19.4 Å². The lowest BCUT2D eigenvalue weighted by Gasteiger charge is -2.20. The van der Waals surface area contributed by atoms with Gasteiger partial charge in [-0.05, 0) is 48.9 Å². The molecule has 0 amide bonds. The molecule has 2 rings (SSSR count). The zero-order chi connectivity index (χ0) is 15.4. The van der Waals surface area contributed by atoms with E-state index in [9.17, 15) is 8.78 Å². The van der Waals surface area contributed by atoms with E-state index in [1.807, 2.05) is 6.92 Å². The summed E-state index contributed by atoms with van der Waals surface area (Å²) in [7, 11) is 0. The minimum Gasteiger partial charge on any atom is -0.310 e. The van der Waals surface area contributed by atoms with Crippen molar-refractivity contribution < 1.29 is 8.78 Å². The van der Waals surface area contributed by atoms with Crippen molar-refractivity contribution in [1.29, 1.82) is 0 Å². The monoisotopic (exact) mass is 373 g/mol. The van der Waals surface area contributed by atoms with Gasteiger partial charge in [0.25, 0.3) is 0 Å².